The van der Waals surface area contributed by atoms with Crippen molar-refractivity contribution in [2.45, 2.75) is 37.8 Å². The third-order valence-electron chi connectivity index (χ3n) is 4.66. The molecule has 0 radical (unpaired) electrons. The summed E-state index contributed by atoms with van der Waals surface area (Å²) in [6.07, 6.45) is 1.96. The molecular weight excluding hydrogens is 300 g/mol. The molecule has 0 saturated carbocycles. The molecule has 4 N–H and O–H groups in total. The fraction of sp³-hybridized carbons (Fsp3) is 0.350. The Labute approximate surface area is 142 Å². The van der Waals surface area contributed by atoms with Gasteiger partial charge in [0.2, 0.25) is 5.91 Å². The van der Waals surface area contributed by atoms with E-state index in [4.69, 9.17) is 5.73 Å². The minimum absolute atomic E-state index is 0.450. The van der Waals surface area contributed by atoms with Crippen LogP contribution in [0.5, 0.6) is 0 Å². The van der Waals surface area contributed by atoms with E-state index in [0.29, 0.717) is 6.42 Å². The van der Waals surface area contributed by atoms with Gasteiger partial charge < -0.3 is 16.2 Å². The minimum Gasteiger partial charge on any atom is -0.392 e. The van der Waals surface area contributed by atoms with Gasteiger partial charge in [-0.2, -0.15) is 0 Å². The largest absolute Gasteiger partial charge is 0.392 e. The third kappa shape index (κ3) is 3.83. The molecule has 0 aromatic heterocycles. The van der Waals surface area contributed by atoms with Crippen LogP contribution in [0.3, 0.4) is 0 Å². The van der Waals surface area contributed by atoms with Gasteiger partial charge in [-0.3, -0.25) is 4.79 Å². The van der Waals surface area contributed by atoms with E-state index in [0.717, 1.165) is 42.6 Å². The molecule has 4 heteroatoms. The highest BCUT2D eigenvalue weighted by Crippen LogP contribution is 2.33. The number of hydrogen-bond acceptors (Lipinski definition) is 3. The summed E-state index contributed by atoms with van der Waals surface area (Å²) in [5.74, 6) is -1.02. The number of aliphatic hydroxyl groups is 1. The molecule has 3 rings (SSSR count). The van der Waals surface area contributed by atoms with Crippen molar-refractivity contribution < 1.29 is 9.90 Å². The van der Waals surface area contributed by atoms with E-state index in [2.05, 4.69) is 35.6 Å². The van der Waals surface area contributed by atoms with E-state index < -0.39 is 17.9 Å². The summed E-state index contributed by atoms with van der Waals surface area (Å²) in [4.78, 5) is 11.6. The smallest absolute Gasteiger partial charge is 0.227 e. The van der Waals surface area contributed by atoms with Gasteiger partial charge in [0, 0.05) is 6.54 Å². The fourth-order valence-corrected chi connectivity index (χ4v) is 3.42. The van der Waals surface area contributed by atoms with Crippen LogP contribution in [0.25, 0.3) is 0 Å². The standard InChI is InChI=1S/C20H24N2O2/c21-20(24)19-17-11-15(8-9-16(17)12-18(19)23)13-22-10-4-7-14-5-2-1-3-6-14/h1-3,5-6,8-9,11,18-19,22-23H,4,7,10,12-13H2,(H2,21,24)/t18-,19-/m1/s1. The van der Waals surface area contributed by atoms with Gasteiger partial charge in [-0.25, -0.2) is 0 Å². The van der Waals surface area contributed by atoms with Crippen LogP contribution in [0.1, 0.15) is 34.6 Å². The lowest BCUT2D eigenvalue weighted by molar-refractivity contribution is -0.121. The lowest BCUT2D eigenvalue weighted by Crippen LogP contribution is -2.28. The first-order chi connectivity index (χ1) is 11.6. The number of benzene rings is 2. The zero-order chi connectivity index (χ0) is 16.9. The lowest BCUT2D eigenvalue weighted by Gasteiger charge is -2.12. The highest BCUT2D eigenvalue weighted by Gasteiger charge is 2.35. The molecule has 0 heterocycles. The molecule has 0 fully saturated rings. The van der Waals surface area contributed by atoms with Crippen molar-refractivity contribution in [3.05, 3.63) is 70.8 Å². The SMILES string of the molecule is NC(=O)[C@@H]1c2cc(CNCCCc3ccccc3)ccc2C[C@H]1O. The van der Waals surface area contributed by atoms with Crippen molar-refractivity contribution in [3.8, 4) is 0 Å². The van der Waals surface area contributed by atoms with Crippen LogP contribution in [0.2, 0.25) is 0 Å². The number of nitrogens with one attached hydrogen (secondary N) is 1. The molecule has 1 aliphatic rings. The number of amides is 1. The van der Waals surface area contributed by atoms with Crippen molar-refractivity contribution in [1.82, 2.24) is 5.32 Å². The second-order valence-electron chi connectivity index (χ2n) is 6.45. The zero-order valence-electron chi connectivity index (χ0n) is 13.7. The Balaban J connectivity index is 1.51. The van der Waals surface area contributed by atoms with Crippen molar-refractivity contribution in [3.63, 3.8) is 0 Å². The van der Waals surface area contributed by atoms with E-state index >= 15 is 0 Å². The second-order valence-corrected chi connectivity index (χ2v) is 6.45. The van der Waals surface area contributed by atoms with Crippen LogP contribution in [0.15, 0.2) is 48.5 Å². The van der Waals surface area contributed by atoms with Gasteiger partial charge in [0.05, 0.1) is 12.0 Å². The van der Waals surface area contributed by atoms with Crippen LogP contribution in [0.4, 0.5) is 0 Å². The van der Waals surface area contributed by atoms with Crippen LogP contribution >= 0.6 is 0 Å². The molecule has 0 spiro atoms. The van der Waals surface area contributed by atoms with Crippen molar-refractivity contribution in [1.29, 1.82) is 0 Å². The van der Waals surface area contributed by atoms with E-state index in [1.54, 1.807) is 0 Å². The highest BCUT2D eigenvalue weighted by molar-refractivity contribution is 5.84. The number of hydrogen-bond donors (Lipinski definition) is 3. The summed E-state index contributed by atoms with van der Waals surface area (Å²) in [5.41, 5.74) is 9.82. The average Bonchev–Trinajstić information content (AvgIpc) is 2.90. The number of carbonyl (C=O) groups is 1. The van der Waals surface area contributed by atoms with Crippen LogP contribution in [-0.4, -0.2) is 23.7 Å². The summed E-state index contributed by atoms with van der Waals surface area (Å²) in [5, 5.41) is 13.4. The Hall–Kier alpha value is -2.17. The Morgan fingerprint density at radius 3 is 2.71 bits per heavy atom. The second kappa shape index (κ2) is 7.60. The van der Waals surface area contributed by atoms with Crippen molar-refractivity contribution in [2.75, 3.05) is 6.54 Å². The zero-order valence-corrected chi connectivity index (χ0v) is 13.7. The molecule has 2 aromatic carbocycles. The maximum Gasteiger partial charge on any atom is 0.227 e. The predicted molar refractivity (Wildman–Crippen MR) is 94.6 cm³/mol. The summed E-state index contributed by atoms with van der Waals surface area (Å²) < 4.78 is 0. The summed E-state index contributed by atoms with van der Waals surface area (Å²) >= 11 is 0. The lowest BCUT2D eigenvalue weighted by atomic mass is 9.97. The van der Waals surface area contributed by atoms with Gasteiger partial charge in [-0.1, -0.05) is 48.5 Å². The molecule has 0 bridgehead atoms. The van der Waals surface area contributed by atoms with E-state index in [9.17, 15) is 9.90 Å². The van der Waals surface area contributed by atoms with Gasteiger partial charge in [0.1, 0.15) is 0 Å². The van der Waals surface area contributed by atoms with E-state index in [1.807, 2.05) is 18.2 Å². The number of rotatable bonds is 7. The average molecular weight is 324 g/mol. The minimum atomic E-state index is -0.688. The Morgan fingerprint density at radius 1 is 1.17 bits per heavy atom. The number of primary amides is 1. The first kappa shape index (κ1) is 16.7. The first-order valence-electron chi connectivity index (χ1n) is 8.49. The molecule has 126 valence electrons. The van der Waals surface area contributed by atoms with Gasteiger partial charge in [0.25, 0.3) is 0 Å². The number of carbonyl (C=O) groups excluding carboxylic acids is 1. The molecule has 1 aliphatic carbocycles. The molecule has 0 unspecified atom stereocenters. The summed E-state index contributed by atoms with van der Waals surface area (Å²) in [6.45, 7) is 1.69. The molecule has 0 saturated heterocycles. The summed E-state index contributed by atoms with van der Waals surface area (Å²) in [6, 6.07) is 16.5. The number of aliphatic hydroxyl groups excluding tert-OH is 1. The number of aryl methyl sites for hydroxylation is 1. The molecule has 0 aliphatic heterocycles. The Morgan fingerprint density at radius 2 is 1.96 bits per heavy atom. The van der Waals surface area contributed by atoms with Crippen molar-refractivity contribution >= 4 is 5.91 Å². The first-order valence-corrected chi connectivity index (χ1v) is 8.49. The molecule has 1 amide bonds. The normalized spacial score (nSPS) is 19.2. The van der Waals surface area contributed by atoms with Crippen LogP contribution in [0, 0.1) is 0 Å². The fourth-order valence-electron chi connectivity index (χ4n) is 3.42. The quantitative estimate of drug-likeness (QED) is 0.681. The van der Waals surface area contributed by atoms with Gasteiger partial charge in [-0.15, -0.1) is 0 Å². The third-order valence-corrected chi connectivity index (χ3v) is 4.66. The van der Waals surface area contributed by atoms with Gasteiger partial charge in [-0.05, 0) is 48.1 Å². The van der Waals surface area contributed by atoms with Crippen molar-refractivity contribution in [2.24, 2.45) is 5.73 Å². The van der Waals surface area contributed by atoms with Gasteiger partial charge in [0.15, 0.2) is 0 Å². The van der Waals surface area contributed by atoms with E-state index in [1.165, 1.54) is 5.56 Å². The Bertz CT molecular complexity index is 700. The molecular formula is C20H24N2O2. The summed E-state index contributed by atoms with van der Waals surface area (Å²) in [7, 11) is 0. The predicted octanol–water partition coefficient (Wildman–Crippen LogP) is 1.89. The highest BCUT2D eigenvalue weighted by atomic mass is 16.3. The van der Waals surface area contributed by atoms with E-state index in [-0.39, 0.29) is 0 Å². The maximum absolute atomic E-state index is 11.6. The molecule has 24 heavy (non-hydrogen) atoms. The van der Waals surface area contributed by atoms with Crippen LogP contribution < -0.4 is 11.1 Å². The topological polar surface area (TPSA) is 75.4 Å². The Kier molecular flexibility index (Phi) is 5.28. The monoisotopic (exact) mass is 324 g/mol. The molecule has 4 nitrogen and oxygen atoms in total. The number of fused-ring (bicyclic) bond motifs is 1. The number of nitrogens with two attached hydrogens (primary N) is 1. The molecule has 2 aromatic rings. The maximum atomic E-state index is 11.6. The van der Waals surface area contributed by atoms with Gasteiger partial charge >= 0.3 is 0 Å². The van der Waals surface area contributed by atoms with Crippen LogP contribution in [-0.2, 0) is 24.2 Å². The molecule has 2 atom stereocenters.